The van der Waals surface area contributed by atoms with Crippen LogP contribution in [0.25, 0.3) is 10.9 Å². The Morgan fingerprint density at radius 3 is 3.00 bits per heavy atom. The number of nitrogens with zero attached hydrogens (tertiary/aromatic N) is 1. The minimum Gasteiger partial charge on any atom is -0.388 e. The fraction of sp³-hybridized carbons (Fsp3) is 0.500. The lowest BCUT2D eigenvalue weighted by Crippen LogP contribution is -2.34. The summed E-state index contributed by atoms with van der Waals surface area (Å²) in [5.41, 5.74) is 7.84. The molecule has 3 N–H and O–H groups in total. The summed E-state index contributed by atoms with van der Waals surface area (Å²) in [7, 11) is 0. The fourth-order valence-electron chi connectivity index (χ4n) is 3.78. The van der Waals surface area contributed by atoms with Gasteiger partial charge in [0.15, 0.2) is 0 Å². The molecule has 0 radical (unpaired) electrons. The highest BCUT2D eigenvalue weighted by atomic mass is 16.3. The Morgan fingerprint density at radius 1 is 1.43 bits per heavy atom. The molecule has 21 heavy (non-hydrogen) atoms. The third-order valence-corrected chi connectivity index (χ3v) is 5.25. The van der Waals surface area contributed by atoms with Gasteiger partial charge in [-0.3, -0.25) is 4.98 Å². The number of pyridine rings is 1. The highest BCUT2D eigenvalue weighted by Crippen LogP contribution is 2.50. The summed E-state index contributed by atoms with van der Waals surface area (Å²) in [6.07, 6.45) is 5.72. The van der Waals surface area contributed by atoms with Crippen molar-refractivity contribution in [2.24, 2.45) is 17.1 Å². The number of hydrogen-bond acceptors (Lipinski definition) is 3. The Hall–Kier alpha value is -1.45. The molecule has 1 aromatic carbocycles. The summed E-state index contributed by atoms with van der Waals surface area (Å²) >= 11 is 0. The Morgan fingerprint density at radius 2 is 2.29 bits per heavy atom. The number of rotatable bonds is 4. The van der Waals surface area contributed by atoms with Crippen LogP contribution in [-0.2, 0) is 0 Å². The maximum atomic E-state index is 10.9. The molecule has 1 aromatic heterocycles. The van der Waals surface area contributed by atoms with Gasteiger partial charge in [0, 0.05) is 23.5 Å². The van der Waals surface area contributed by atoms with Gasteiger partial charge < -0.3 is 10.8 Å². The summed E-state index contributed by atoms with van der Waals surface area (Å²) in [4.78, 5) is 4.34. The van der Waals surface area contributed by atoms with Crippen LogP contribution in [0.3, 0.4) is 0 Å². The average molecular weight is 284 g/mol. The van der Waals surface area contributed by atoms with Crippen LogP contribution >= 0.6 is 0 Å². The molecule has 2 aromatic rings. The molecule has 0 bridgehead atoms. The van der Waals surface area contributed by atoms with Crippen molar-refractivity contribution >= 4 is 10.9 Å². The minimum atomic E-state index is -0.483. The number of aromatic nitrogens is 1. The van der Waals surface area contributed by atoms with E-state index >= 15 is 0 Å². The fourth-order valence-corrected chi connectivity index (χ4v) is 3.78. The molecule has 1 aliphatic carbocycles. The quantitative estimate of drug-likeness (QED) is 0.904. The predicted octanol–water partition coefficient (Wildman–Crippen LogP) is 3.42. The van der Waals surface area contributed by atoms with E-state index in [1.165, 1.54) is 12.8 Å². The molecule has 1 aliphatic rings. The molecule has 3 unspecified atom stereocenters. The molecule has 3 nitrogen and oxygen atoms in total. The molecule has 112 valence electrons. The van der Waals surface area contributed by atoms with Crippen molar-refractivity contribution < 1.29 is 5.11 Å². The van der Waals surface area contributed by atoms with E-state index in [9.17, 15) is 5.11 Å². The van der Waals surface area contributed by atoms with E-state index in [4.69, 9.17) is 5.73 Å². The van der Waals surface area contributed by atoms with Crippen LogP contribution < -0.4 is 5.73 Å². The van der Waals surface area contributed by atoms with E-state index in [0.29, 0.717) is 12.5 Å². The number of aliphatic hydroxyl groups is 1. The molecule has 3 rings (SSSR count). The molecule has 3 atom stereocenters. The van der Waals surface area contributed by atoms with Gasteiger partial charge >= 0.3 is 0 Å². The van der Waals surface area contributed by atoms with E-state index in [1.54, 1.807) is 6.20 Å². The number of fused-ring (bicyclic) bond motifs is 1. The van der Waals surface area contributed by atoms with E-state index in [1.807, 2.05) is 24.3 Å². The number of benzene rings is 1. The molecule has 1 heterocycles. The molecular weight excluding hydrogens is 260 g/mol. The van der Waals surface area contributed by atoms with E-state index < -0.39 is 6.10 Å². The van der Waals surface area contributed by atoms with E-state index in [0.717, 1.165) is 29.3 Å². The van der Waals surface area contributed by atoms with Crippen molar-refractivity contribution in [3.63, 3.8) is 0 Å². The number of aliphatic hydroxyl groups excluding tert-OH is 1. The molecule has 1 saturated carbocycles. The van der Waals surface area contributed by atoms with Gasteiger partial charge in [0.2, 0.25) is 0 Å². The Kier molecular flexibility index (Phi) is 3.96. The zero-order chi connectivity index (χ0) is 14.9. The van der Waals surface area contributed by atoms with Gasteiger partial charge in [0.25, 0.3) is 0 Å². The lowest BCUT2D eigenvalue weighted by atomic mass is 9.76. The number of nitrogens with two attached hydrogens (primary N) is 1. The van der Waals surface area contributed by atoms with Crippen molar-refractivity contribution in [3.05, 3.63) is 42.1 Å². The van der Waals surface area contributed by atoms with Gasteiger partial charge in [-0.05, 0) is 48.9 Å². The topological polar surface area (TPSA) is 59.1 Å². The van der Waals surface area contributed by atoms with Crippen molar-refractivity contribution in [1.29, 1.82) is 0 Å². The monoisotopic (exact) mass is 284 g/mol. The Bertz CT molecular complexity index is 627. The largest absolute Gasteiger partial charge is 0.388 e. The first-order valence-corrected chi connectivity index (χ1v) is 7.91. The molecule has 0 amide bonds. The van der Waals surface area contributed by atoms with Crippen LogP contribution in [-0.4, -0.2) is 16.6 Å². The highest BCUT2D eigenvalue weighted by Gasteiger charge is 2.43. The van der Waals surface area contributed by atoms with Crippen LogP contribution in [0.5, 0.6) is 0 Å². The second-order valence-electron chi connectivity index (χ2n) is 6.44. The van der Waals surface area contributed by atoms with Crippen LogP contribution in [0, 0.1) is 11.3 Å². The van der Waals surface area contributed by atoms with Gasteiger partial charge in [-0.1, -0.05) is 25.5 Å². The molecule has 0 aliphatic heterocycles. The van der Waals surface area contributed by atoms with Crippen molar-refractivity contribution in [3.8, 4) is 0 Å². The normalized spacial score (nSPS) is 27.1. The van der Waals surface area contributed by atoms with Crippen LogP contribution in [0.15, 0.2) is 36.5 Å². The highest BCUT2D eigenvalue weighted by molar-refractivity contribution is 5.79. The molecular formula is C18H24N2O. The zero-order valence-corrected chi connectivity index (χ0v) is 12.6. The lowest BCUT2D eigenvalue weighted by Gasteiger charge is -2.34. The first kappa shape index (κ1) is 14.5. The molecule has 0 saturated heterocycles. The van der Waals surface area contributed by atoms with Gasteiger partial charge in [0.1, 0.15) is 0 Å². The van der Waals surface area contributed by atoms with Gasteiger partial charge in [-0.2, -0.15) is 0 Å². The first-order chi connectivity index (χ1) is 10.2. The summed E-state index contributed by atoms with van der Waals surface area (Å²) in [6, 6.07) is 10.0. The van der Waals surface area contributed by atoms with Crippen molar-refractivity contribution in [2.75, 3.05) is 6.54 Å². The summed E-state index contributed by atoms with van der Waals surface area (Å²) in [6.45, 7) is 2.78. The van der Waals surface area contributed by atoms with Crippen LogP contribution in [0.2, 0.25) is 0 Å². The Labute approximate surface area is 126 Å². The maximum Gasteiger partial charge on any atom is 0.0858 e. The number of hydrogen-bond donors (Lipinski definition) is 2. The smallest absolute Gasteiger partial charge is 0.0858 e. The lowest BCUT2D eigenvalue weighted by molar-refractivity contribution is 0.0302. The van der Waals surface area contributed by atoms with E-state index in [2.05, 4.69) is 18.0 Å². The van der Waals surface area contributed by atoms with Gasteiger partial charge in [-0.15, -0.1) is 0 Å². The Balaban J connectivity index is 1.93. The standard InChI is InChI=1S/C18H24N2O/c1-2-13-7-8-18(11-13,12-19)17(21)15-5-6-16-14(10-15)4-3-9-20-16/h3-6,9-10,13,17,21H,2,7-8,11-12,19H2,1H3. The average Bonchev–Trinajstić information content (AvgIpc) is 2.98. The SMILES string of the molecule is CCC1CCC(CN)(C(O)c2ccc3ncccc3c2)C1. The molecule has 1 fully saturated rings. The molecule has 0 spiro atoms. The minimum absolute atomic E-state index is 0.156. The van der Waals surface area contributed by atoms with Crippen molar-refractivity contribution in [1.82, 2.24) is 4.98 Å². The summed E-state index contributed by atoms with van der Waals surface area (Å²) < 4.78 is 0. The third-order valence-electron chi connectivity index (χ3n) is 5.25. The van der Waals surface area contributed by atoms with E-state index in [-0.39, 0.29) is 5.41 Å². The molecule has 3 heteroatoms. The van der Waals surface area contributed by atoms with Gasteiger partial charge in [0.05, 0.1) is 11.6 Å². The van der Waals surface area contributed by atoms with Gasteiger partial charge in [-0.25, -0.2) is 0 Å². The van der Waals surface area contributed by atoms with Crippen molar-refractivity contribution in [2.45, 2.75) is 38.7 Å². The first-order valence-electron chi connectivity index (χ1n) is 7.91. The summed E-state index contributed by atoms with van der Waals surface area (Å²) in [5.74, 6) is 0.699. The van der Waals surface area contributed by atoms with Crippen LogP contribution in [0.1, 0.15) is 44.3 Å². The summed E-state index contributed by atoms with van der Waals surface area (Å²) in [5, 5.41) is 12.0. The van der Waals surface area contributed by atoms with Crippen LogP contribution in [0.4, 0.5) is 0 Å². The maximum absolute atomic E-state index is 10.9. The second-order valence-corrected chi connectivity index (χ2v) is 6.44. The second kappa shape index (κ2) is 5.74. The predicted molar refractivity (Wildman–Crippen MR) is 85.8 cm³/mol. The third kappa shape index (κ3) is 2.56. The zero-order valence-electron chi connectivity index (χ0n) is 12.6.